The minimum absolute atomic E-state index is 0.139. The second-order valence-corrected chi connectivity index (χ2v) is 12.3. The average Bonchev–Trinajstić information content (AvgIpc) is 3.36. The average molecular weight is 712 g/mol. The number of fused-ring (bicyclic) bond motifs is 1. The molecule has 3 aromatic carbocycles. The molecular weight excluding hydrogens is 679 g/mol. The maximum Gasteiger partial charge on any atom is 0.343 e. The van der Waals surface area contributed by atoms with Gasteiger partial charge in [-0.25, -0.2) is 14.6 Å². The molecule has 0 fully saturated rings. The predicted octanol–water partition coefficient (Wildman–Crippen LogP) is 5.63. The molecule has 10 nitrogen and oxygen atoms in total. The van der Waals surface area contributed by atoms with Gasteiger partial charge in [0.2, 0.25) is 0 Å². The number of methoxy groups -OCH3 is 1. The molecule has 1 aliphatic heterocycles. The van der Waals surface area contributed by atoms with Crippen molar-refractivity contribution in [3.8, 4) is 17.2 Å². The standard InChI is InChI=1S/C35H32Cl2N2O8S/c1-5-44-28-16-22(11-13-27(28)47-19-30(40)43-4)32-31(34(42)45-6-2)20(3)38-35-39(32)33(41)29(48-35)15-21-8-7-9-25(14-21)46-18-23-10-12-24(36)17-26(23)37/h7-17,32H,5-6,18-19H2,1-4H3/b29-15+/t32-/m1/s1. The van der Waals surface area contributed by atoms with Gasteiger partial charge in [-0.15, -0.1) is 0 Å². The SMILES string of the molecule is CCOC(=O)C1=C(C)N=c2s/c(=C/c3cccc(OCc4ccc(Cl)cc4Cl)c3)c(=O)n2[C@@H]1c1ccc(OCC(=O)OC)c(OCC)c1. The van der Waals surface area contributed by atoms with Crippen molar-refractivity contribution >= 4 is 52.6 Å². The zero-order valence-electron chi connectivity index (χ0n) is 26.6. The van der Waals surface area contributed by atoms with Gasteiger partial charge in [-0.3, -0.25) is 9.36 Å². The van der Waals surface area contributed by atoms with Crippen LogP contribution in [0.1, 0.15) is 43.5 Å². The molecular formula is C35H32Cl2N2O8S. The first-order valence-electron chi connectivity index (χ1n) is 15.0. The fourth-order valence-electron chi connectivity index (χ4n) is 5.03. The quantitative estimate of drug-likeness (QED) is 0.174. The maximum absolute atomic E-state index is 14.1. The summed E-state index contributed by atoms with van der Waals surface area (Å²) in [5, 5.41) is 1.04. The summed E-state index contributed by atoms with van der Waals surface area (Å²) in [5.41, 5.74) is 2.36. The highest BCUT2D eigenvalue weighted by Gasteiger charge is 2.34. The molecule has 0 aliphatic carbocycles. The van der Waals surface area contributed by atoms with E-state index in [-0.39, 0.29) is 31.0 Å². The molecule has 4 aromatic rings. The third kappa shape index (κ3) is 7.75. The van der Waals surface area contributed by atoms with Crippen LogP contribution in [0, 0.1) is 0 Å². The number of hydrogen-bond acceptors (Lipinski definition) is 10. The second kappa shape index (κ2) is 15.5. The van der Waals surface area contributed by atoms with Crippen molar-refractivity contribution in [2.24, 2.45) is 4.99 Å². The number of carbonyl (C=O) groups excluding carboxylic acids is 2. The summed E-state index contributed by atoms with van der Waals surface area (Å²) in [6.45, 7) is 5.58. The summed E-state index contributed by atoms with van der Waals surface area (Å²) < 4.78 is 29.4. The van der Waals surface area contributed by atoms with E-state index in [0.29, 0.717) is 54.5 Å². The highest BCUT2D eigenvalue weighted by atomic mass is 35.5. The fourth-order valence-corrected chi connectivity index (χ4v) is 6.54. The number of allylic oxidation sites excluding steroid dienone is 1. The van der Waals surface area contributed by atoms with Crippen molar-refractivity contribution in [1.82, 2.24) is 4.57 Å². The molecule has 0 saturated carbocycles. The first kappa shape index (κ1) is 34.7. The monoisotopic (exact) mass is 710 g/mol. The lowest BCUT2D eigenvalue weighted by atomic mass is 9.95. The number of benzene rings is 3. The Morgan fingerprint density at radius 3 is 2.52 bits per heavy atom. The van der Waals surface area contributed by atoms with E-state index in [4.69, 9.17) is 42.1 Å². The number of carbonyl (C=O) groups is 2. The Labute approximate surface area is 290 Å². The molecule has 1 aliphatic rings. The van der Waals surface area contributed by atoms with Crippen LogP contribution in [0.3, 0.4) is 0 Å². The van der Waals surface area contributed by atoms with Crippen molar-refractivity contribution in [2.45, 2.75) is 33.4 Å². The van der Waals surface area contributed by atoms with E-state index in [1.54, 1.807) is 63.2 Å². The number of thiazole rings is 1. The summed E-state index contributed by atoms with van der Waals surface area (Å²) >= 11 is 13.5. The first-order chi connectivity index (χ1) is 23.1. The first-order valence-corrected chi connectivity index (χ1v) is 16.5. The number of nitrogens with zero attached hydrogens (tertiary/aromatic N) is 2. The number of hydrogen-bond donors (Lipinski definition) is 0. The molecule has 1 atom stereocenters. The molecule has 0 bridgehead atoms. The number of halogens is 2. The molecule has 13 heteroatoms. The largest absolute Gasteiger partial charge is 0.490 e. The number of ether oxygens (including phenoxy) is 5. The number of aromatic nitrogens is 1. The van der Waals surface area contributed by atoms with E-state index in [1.807, 2.05) is 24.3 Å². The van der Waals surface area contributed by atoms with Crippen molar-refractivity contribution in [3.63, 3.8) is 0 Å². The van der Waals surface area contributed by atoms with Crippen molar-refractivity contribution in [1.29, 1.82) is 0 Å². The van der Waals surface area contributed by atoms with E-state index in [9.17, 15) is 14.4 Å². The van der Waals surface area contributed by atoms with Gasteiger partial charge in [0.25, 0.3) is 5.56 Å². The van der Waals surface area contributed by atoms with E-state index >= 15 is 0 Å². The third-order valence-corrected chi connectivity index (χ3v) is 8.81. The molecule has 48 heavy (non-hydrogen) atoms. The Morgan fingerprint density at radius 2 is 1.79 bits per heavy atom. The Hall–Kier alpha value is -4.58. The van der Waals surface area contributed by atoms with Crippen LogP contribution in [0.4, 0.5) is 0 Å². The van der Waals surface area contributed by atoms with E-state index in [0.717, 1.165) is 11.1 Å². The molecule has 0 amide bonds. The van der Waals surface area contributed by atoms with Crippen LogP contribution < -0.4 is 29.1 Å². The lowest BCUT2D eigenvalue weighted by Gasteiger charge is -2.25. The van der Waals surface area contributed by atoms with Crippen molar-refractivity contribution in [3.05, 3.63) is 118 Å². The van der Waals surface area contributed by atoms with Gasteiger partial charge in [0.05, 0.1) is 42.2 Å². The van der Waals surface area contributed by atoms with Gasteiger partial charge in [0.15, 0.2) is 22.9 Å². The summed E-state index contributed by atoms with van der Waals surface area (Å²) in [6, 6.07) is 16.7. The molecule has 2 heterocycles. The molecule has 5 rings (SSSR count). The summed E-state index contributed by atoms with van der Waals surface area (Å²) in [4.78, 5) is 44.2. The zero-order chi connectivity index (χ0) is 34.4. The number of rotatable bonds is 12. The molecule has 0 spiro atoms. The Bertz CT molecular complexity index is 2070. The van der Waals surface area contributed by atoms with Crippen LogP contribution in [0.2, 0.25) is 10.0 Å². The number of esters is 2. The van der Waals surface area contributed by atoms with Gasteiger partial charge < -0.3 is 23.7 Å². The Balaban J connectivity index is 1.55. The highest BCUT2D eigenvalue weighted by molar-refractivity contribution is 7.07. The summed E-state index contributed by atoms with van der Waals surface area (Å²) in [6.07, 6.45) is 1.75. The van der Waals surface area contributed by atoms with E-state index in [1.165, 1.54) is 23.0 Å². The van der Waals surface area contributed by atoms with E-state index < -0.39 is 18.0 Å². The Morgan fingerprint density at radius 1 is 0.979 bits per heavy atom. The molecule has 250 valence electrons. The maximum atomic E-state index is 14.1. The van der Waals surface area contributed by atoms with E-state index in [2.05, 4.69) is 9.73 Å². The lowest BCUT2D eigenvalue weighted by molar-refractivity contribution is -0.143. The van der Waals surface area contributed by atoms with Gasteiger partial charge >= 0.3 is 11.9 Å². The predicted molar refractivity (Wildman–Crippen MR) is 183 cm³/mol. The molecule has 0 unspecified atom stereocenters. The topological polar surface area (TPSA) is 115 Å². The van der Waals surface area contributed by atoms with Gasteiger partial charge in [-0.05, 0) is 74.4 Å². The van der Waals surface area contributed by atoms with Crippen LogP contribution >= 0.6 is 34.5 Å². The minimum Gasteiger partial charge on any atom is -0.490 e. The lowest BCUT2D eigenvalue weighted by Crippen LogP contribution is -2.40. The molecule has 0 N–H and O–H groups in total. The Kier molecular flexibility index (Phi) is 11.3. The van der Waals surface area contributed by atoms with Gasteiger partial charge in [-0.2, -0.15) is 0 Å². The summed E-state index contributed by atoms with van der Waals surface area (Å²) in [7, 11) is 1.27. The van der Waals surface area contributed by atoms with Crippen LogP contribution in [0.15, 0.2) is 81.7 Å². The zero-order valence-corrected chi connectivity index (χ0v) is 28.9. The third-order valence-electron chi connectivity index (χ3n) is 7.24. The normalized spacial score (nSPS) is 14.2. The summed E-state index contributed by atoms with van der Waals surface area (Å²) in [5.74, 6) is 0.0687. The van der Waals surface area contributed by atoms with Gasteiger partial charge in [0.1, 0.15) is 12.4 Å². The minimum atomic E-state index is -0.880. The van der Waals surface area contributed by atoms with Crippen LogP contribution in [-0.4, -0.2) is 43.4 Å². The fraction of sp³-hybridized carbons (Fsp3) is 0.257. The van der Waals surface area contributed by atoms with Crippen molar-refractivity contribution < 1.29 is 33.3 Å². The molecule has 1 aromatic heterocycles. The van der Waals surface area contributed by atoms with Gasteiger partial charge in [0, 0.05) is 15.6 Å². The van der Waals surface area contributed by atoms with Crippen LogP contribution in [0.5, 0.6) is 17.2 Å². The molecule has 0 saturated heterocycles. The highest BCUT2D eigenvalue weighted by Crippen LogP contribution is 2.36. The van der Waals surface area contributed by atoms with Crippen molar-refractivity contribution in [2.75, 3.05) is 26.9 Å². The molecule has 0 radical (unpaired) electrons. The van der Waals surface area contributed by atoms with Crippen LogP contribution in [-0.2, 0) is 25.7 Å². The van der Waals surface area contributed by atoms with Gasteiger partial charge in [-0.1, -0.05) is 58.8 Å². The van der Waals surface area contributed by atoms with Crippen LogP contribution in [0.25, 0.3) is 6.08 Å². The smallest absolute Gasteiger partial charge is 0.343 e. The second-order valence-electron chi connectivity index (χ2n) is 10.4.